The molecule has 0 saturated carbocycles. The number of fused-ring (bicyclic) bond motifs is 1. The topological polar surface area (TPSA) is 82.9 Å². The molecule has 0 aliphatic heterocycles. The number of nitrogens with zero attached hydrogens (tertiary/aromatic N) is 3. The maximum absolute atomic E-state index is 12.8. The molecule has 3 aromatic rings. The zero-order valence-electron chi connectivity index (χ0n) is 11.8. The SMILES string of the molecule is Cc1nc(S(=O)(=O)n2cc(CCN)c3ccsc32)cn1C. The first-order valence-electron chi connectivity index (χ1n) is 6.48. The van der Waals surface area contributed by atoms with Gasteiger partial charge in [-0.2, -0.15) is 8.42 Å². The van der Waals surface area contributed by atoms with E-state index < -0.39 is 10.0 Å². The highest BCUT2D eigenvalue weighted by molar-refractivity contribution is 7.90. The Balaban J connectivity index is 2.21. The highest BCUT2D eigenvalue weighted by Crippen LogP contribution is 2.30. The second kappa shape index (κ2) is 4.97. The molecule has 0 fully saturated rings. The number of rotatable bonds is 4. The molecule has 3 heterocycles. The van der Waals surface area contributed by atoms with Crippen molar-refractivity contribution in [3.8, 4) is 0 Å². The molecule has 0 amide bonds. The van der Waals surface area contributed by atoms with Gasteiger partial charge in [0.1, 0.15) is 10.7 Å². The van der Waals surface area contributed by atoms with E-state index in [-0.39, 0.29) is 5.03 Å². The summed E-state index contributed by atoms with van der Waals surface area (Å²) in [7, 11) is -1.90. The molecule has 21 heavy (non-hydrogen) atoms. The molecule has 0 aliphatic rings. The van der Waals surface area contributed by atoms with Crippen molar-refractivity contribution in [1.29, 1.82) is 0 Å². The highest BCUT2D eigenvalue weighted by atomic mass is 32.2. The van der Waals surface area contributed by atoms with E-state index in [1.165, 1.54) is 21.5 Å². The lowest BCUT2D eigenvalue weighted by molar-refractivity contribution is 0.585. The zero-order valence-corrected chi connectivity index (χ0v) is 13.4. The van der Waals surface area contributed by atoms with Gasteiger partial charge in [0, 0.05) is 24.8 Å². The van der Waals surface area contributed by atoms with Crippen LogP contribution in [-0.2, 0) is 23.5 Å². The molecule has 112 valence electrons. The fourth-order valence-electron chi connectivity index (χ4n) is 2.27. The minimum atomic E-state index is -3.68. The largest absolute Gasteiger partial charge is 0.337 e. The van der Waals surface area contributed by atoms with Gasteiger partial charge < -0.3 is 10.3 Å². The normalized spacial score (nSPS) is 12.3. The summed E-state index contributed by atoms with van der Waals surface area (Å²) in [5.74, 6) is 0.658. The summed E-state index contributed by atoms with van der Waals surface area (Å²) in [6.45, 7) is 2.26. The van der Waals surface area contributed by atoms with Crippen molar-refractivity contribution in [2.45, 2.75) is 18.4 Å². The minimum absolute atomic E-state index is 0.0621. The van der Waals surface area contributed by atoms with Crippen LogP contribution in [0.25, 0.3) is 10.2 Å². The lowest BCUT2D eigenvalue weighted by atomic mass is 10.2. The van der Waals surface area contributed by atoms with Crippen LogP contribution >= 0.6 is 11.3 Å². The first kappa shape index (κ1) is 14.3. The van der Waals surface area contributed by atoms with Crippen LogP contribution in [0, 0.1) is 6.92 Å². The third kappa shape index (κ3) is 2.19. The van der Waals surface area contributed by atoms with Gasteiger partial charge in [-0.15, -0.1) is 11.3 Å². The number of hydrogen-bond donors (Lipinski definition) is 1. The molecule has 0 radical (unpaired) electrons. The van der Waals surface area contributed by atoms with Crippen molar-refractivity contribution in [3.05, 3.63) is 35.2 Å². The third-order valence-electron chi connectivity index (χ3n) is 3.49. The van der Waals surface area contributed by atoms with Gasteiger partial charge in [0.25, 0.3) is 10.0 Å². The summed E-state index contributed by atoms with van der Waals surface area (Å²) in [5, 5.41) is 2.90. The fourth-order valence-corrected chi connectivity index (χ4v) is 4.83. The predicted molar refractivity (Wildman–Crippen MR) is 83.1 cm³/mol. The number of hydrogen-bond acceptors (Lipinski definition) is 5. The Hall–Kier alpha value is -1.64. The van der Waals surface area contributed by atoms with E-state index in [4.69, 9.17) is 5.73 Å². The van der Waals surface area contributed by atoms with Crippen molar-refractivity contribution < 1.29 is 8.42 Å². The van der Waals surface area contributed by atoms with E-state index >= 15 is 0 Å². The summed E-state index contributed by atoms with van der Waals surface area (Å²) in [6, 6.07) is 1.93. The second-order valence-electron chi connectivity index (χ2n) is 4.87. The van der Waals surface area contributed by atoms with Gasteiger partial charge in [0.15, 0.2) is 5.03 Å². The van der Waals surface area contributed by atoms with Crippen molar-refractivity contribution in [2.24, 2.45) is 12.8 Å². The Kier molecular flexibility index (Phi) is 3.39. The van der Waals surface area contributed by atoms with Crippen molar-refractivity contribution in [3.63, 3.8) is 0 Å². The fraction of sp³-hybridized carbons (Fsp3) is 0.308. The Bertz CT molecular complexity index is 883. The molecule has 2 N–H and O–H groups in total. The van der Waals surface area contributed by atoms with Gasteiger partial charge in [0.2, 0.25) is 0 Å². The second-order valence-corrected chi connectivity index (χ2v) is 7.53. The monoisotopic (exact) mass is 324 g/mol. The summed E-state index contributed by atoms with van der Waals surface area (Å²) in [4.78, 5) is 4.85. The van der Waals surface area contributed by atoms with E-state index in [1.807, 2.05) is 11.4 Å². The van der Waals surface area contributed by atoms with Crippen LogP contribution in [0.15, 0.2) is 28.9 Å². The number of nitrogens with two attached hydrogens (primary N) is 1. The van der Waals surface area contributed by atoms with E-state index in [2.05, 4.69) is 4.98 Å². The van der Waals surface area contributed by atoms with Crippen molar-refractivity contribution in [2.75, 3.05) is 6.54 Å². The molecule has 3 aromatic heterocycles. The van der Waals surface area contributed by atoms with Crippen molar-refractivity contribution in [1.82, 2.24) is 13.5 Å². The molecule has 0 atom stereocenters. The molecular weight excluding hydrogens is 308 g/mol. The summed E-state index contributed by atoms with van der Waals surface area (Å²) >= 11 is 1.40. The number of aromatic nitrogens is 3. The zero-order chi connectivity index (χ0) is 15.2. The lowest BCUT2D eigenvalue weighted by Crippen LogP contribution is -2.12. The average Bonchev–Trinajstić information content (AvgIpc) is 3.08. The molecule has 3 rings (SSSR count). The third-order valence-corrected chi connectivity index (χ3v) is 6.05. The first-order chi connectivity index (χ1) is 9.95. The number of imidazole rings is 1. The number of thiophene rings is 1. The molecule has 0 spiro atoms. The molecule has 0 unspecified atom stereocenters. The summed E-state index contributed by atoms with van der Waals surface area (Å²) < 4.78 is 28.6. The molecule has 0 saturated heterocycles. The van der Waals surface area contributed by atoms with Crippen LogP contribution < -0.4 is 5.73 Å². The van der Waals surface area contributed by atoms with Gasteiger partial charge >= 0.3 is 0 Å². The molecular formula is C13H16N4O2S2. The van der Waals surface area contributed by atoms with Crippen LogP contribution in [0.3, 0.4) is 0 Å². The Morgan fingerprint density at radius 1 is 1.38 bits per heavy atom. The molecule has 6 nitrogen and oxygen atoms in total. The Labute approximate surface area is 126 Å². The van der Waals surface area contributed by atoms with Gasteiger partial charge in [-0.1, -0.05) is 0 Å². The quantitative estimate of drug-likeness (QED) is 0.788. The van der Waals surface area contributed by atoms with E-state index in [0.29, 0.717) is 23.6 Å². The molecule has 8 heteroatoms. The average molecular weight is 324 g/mol. The standard InChI is InChI=1S/C13H16N4O2S2/c1-9-15-12(8-16(9)2)21(18,19)17-7-10(3-5-14)11-4-6-20-13(11)17/h4,6-8H,3,5,14H2,1-2H3. The summed E-state index contributed by atoms with van der Waals surface area (Å²) in [5.41, 5.74) is 6.55. The molecule has 0 aliphatic carbocycles. The smallest absolute Gasteiger partial charge is 0.287 e. The van der Waals surface area contributed by atoms with Crippen LogP contribution in [0.5, 0.6) is 0 Å². The summed E-state index contributed by atoms with van der Waals surface area (Å²) in [6.07, 6.45) is 3.84. The first-order valence-corrected chi connectivity index (χ1v) is 8.80. The highest BCUT2D eigenvalue weighted by Gasteiger charge is 2.24. The lowest BCUT2D eigenvalue weighted by Gasteiger charge is -2.02. The Morgan fingerprint density at radius 2 is 2.14 bits per heavy atom. The Morgan fingerprint density at radius 3 is 2.76 bits per heavy atom. The van der Waals surface area contributed by atoms with Crippen LogP contribution in [0.4, 0.5) is 0 Å². The van der Waals surface area contributed by atoms with E-state index in [1.54, 1.807) is 24.7 Å². The van der Waals surface area contributed by atoms with Gasteiger partial charge in [0.05, 0.1) is 0 Å². The maximum Gasteiger partial charge on any atom is 0.287 e. The van der Waals surface area contributed by atoms with E-state index in [9.17, 15) is 8.42 Å². The van der Waals surface area contributed by atoms with Crippen molar-refractivity contribution >= 4 is 31.6 Å². The molecule has 0 bridgehead atoms. The van der Waals surface area contributed by atoms with Crippen LogP contribution in [-0.4, -0.2) is 28.5 Å². The molecule has 0 aromatic carbocycles. The van der Waals surface area contributed by atoms with Gasteiger partial charge in [-0.05, 0) is 36.9 Å². The predicted octanol–water partition coefficient (Wildman–Crippen LogP) is 1.48. The minimum Gasteiger partial charge on any atom is -0.337 e. The van der Waals surface area contributed by atoms with E-state index in [0.717, 1.165) is 10.9 Å². The van der Waals surface area contributed by atoms with Crippen LogP contribution in [0.1, 0.15) is 11.4 Å². The number of aryl methyl sites for hydroxylation is 2. The maximum atomic E-state index is 12.8. The van der Waals surface area contributed by atoms with Crippen LogP contribution in [0.2, 0.25) is 0 Å². The van der Waals surface area contributed by atoms with Gasteiger partial charge in [-0.25, -0.2) is 8.96 Å². The van der Waals surface area contributed by atoms with Gasteiger partial charge in [-0.3, -0.25) is 0 Å².